The van der Waals surface area contributed by atoms with Gasteiger partial charge in [-0.25, -0.2) is 9.29 Å². The molecule has 2 aliphatic rings. The van der Waals surface area contributed by atoms with Crippen LogP contribution in [0.2, 0.25) is 0 Å². The van der Waals surface area contributed by atoms with Crippen molar-refractivity contribution in [3.8, 4) is 0 Å². The summed E-state index contributed by atoms with van der Waals surface area (Å²) < 4.78 is 13.1. The SMILES string of the molecule is O=C1c2cccc([N+](=O)[O-])c2C(=O)N1C[NH+](Cc1ccc(F)cc1)C1CC1. The first kappa shape index (κ1) is 17.3. The molecule has 0 bridgehead atoms. The molecule has 2 amide bonds. The number of rotatable bonds is 6. The predicted molar refractivity (Wildman–Crippen MR) is 92.6 cm³/mol. The highest BCUT2D eigenvalue weighted by Gasteiger charge is 2.44. The van der Waals surface area contributed by atoms with Crippen molar-refractivity contribution in [1.82, 2.24) is 4.90 Å². The molecular weight excluding hydrogens is 353 g/mol. The largest absolute Gasteiger partial charge is 0.311 e. The summed E-state index contributed by atoms with van der Waals surface area (Å²) in [6, 6.07) is 10.5. The number of benzene rings is 2. The van der Waals surface area contributed by atoms with E-state index < -0.39 is 16.7 Å². The molecule has 4 rings (SSSR count). The van der Waals surface area contributed by atoms with Crippen LogP contribution in [0.1, 0.15) is 39.1 Å². The van der Waals surface area contributed by atoms with Gasteiger partial charge in [0, 0.05) is 24.5 Å². The average molecular weight is 370 g/mol. The van der Waals surface area contributed by atoms with Crippen LogP contribution >= 0.6 is 0 Å². The monoisotopic (exact) mass is 370 g/mol. The Kier molecular flexibility index (Phi) is 4.19. The second-order valence-electron chi connectivity index (χ2n) is 6.89. The summed E-state index contributed by atoms with van der Waals surface area (Å²) in [5.41, 5.74) is 0.497. The first-order chi connectivity index (χ1) is 13.0. The molecule has 1 aliphatic heterocycles. The molecule has 1 aliphatic carbocycles. The lowest BCUT2D eigenvalue weighted by molar-refractivity contribution is -0.931. The van der Waals surface area contributed by atoms with E-state index in [1.807, 2.05) is 0 Å². The van der Waals surface area contributed by atoms with Crippen molar-refractivity contribution >= 4 is 17.5 Å². The van der Waals surface area contributed by atoms with Crippen LogP contribution in [0.5, 0.6) is 0 Å². The Balaban J connectivity index is 1.58. The van der Waals surface area contributed by atoms with Gasteiger partial charge in [0.25, 0.3) is 17.5 Å². The van der Waals surface area contributed by atoms with E-state index in [1.165, 1.54) is 30.3 Å². The zero-order valence-electron chi connectivity index (χ0n) is 14.4. The molecule has 1 N–H and O–H groups in total. The van der Waals surface area contributed by atoms with E-state index in [1.54, 1.807) is 12.1 Å². The van der Waals surface area contributed by atoms with Gasteiger partial charge in [-0.1, -0.05) is 18.2 Å². The molecule has 1 fully saturated rings. The van der Waals surface area contributed by atoms with Crippen molar-refractivity contribution < 1.29 is 23.8 Å². The summed E-state index contributed by atoms with van der Waals surface area (Å²) in [7, 11) is 0. The third-order valence-corrected chi connectivity index (χ3v) is 5.03. The van der Waals surface area contributed by atoms with Gasteiger partial charge in [0.2, 0.25) is 0 Å². The highest BCUT2D eigenvalue weighted by Crippen LogP contribution is 2.30. The van der Waals surface area contributed by atoms with E-state index in [2.05, 4.69) is 0 Å². The number of imide groups is 1. The van der Waals surface area contributed by atoms with E-state index in [9.17, 15) is 24.1 Å². The minimum absolute atomic E-state index is 0.0751. The molecule has 8 heteroatoms. The molecule has 0 radical (unpaired) electrons. The fourth-order valence-electron chi connectivity index (χ4n) is 3.50. The molecule has 27 heavy (non-hydrogen) atoms. The summed E-state index contributed by atoms with van der Waals surface area (Å²) in [5, 5.41) is 11.2. The van der Waals surface area contributed by atoms with Crippen molar-refractivity contribution in [2.45, 2.75) is 25.4 Å². The predicted octanol–water partition coefficient (Wildman–Crippen LogP) is 1.53. The zero-order valence-corrected chi connectivity index (χ0v) is 14.4. The number of carbonyl (C=O) groups is 2. The van der Waals surface area contributed by atoms with Crippen LogP contribution in [-0.4, -0.2) is 34.3 Å². The highest BCUT2D eigenvalue weighted by atomic mass is 19.1. The fourth-order valence-corrected chi connectivity index (χ4v) is 3.50. The van der Waals surface area contributed by atoms with Gasteiger partial charge in [-0.2, -0.15) is 0 Å². The topological polar surface area (TPSA) is 85.0 Å². The Morgan fingerprint density at radius 1 is 1.11 bits per heavy atom. The van der Waals surface area contributed by atoms with Crippen molar-refractivity contribution in [3.05, 3.63) is 75.1 Å². The lowest BCUT2D eigenvalue weighted by Gasteiger charge is -2.24. The number of nitro benzene ring substituents is 1. The molecular formula is C19H17FN3O4+. The van der Waals surface area contributed by atoms with Gasteiger partial charge in [0.1, 0.15) is 17.9 Å². The van der Waals surface area contributed by atoms with E-state index in [-0.39, 0.29) is 29.3 Å². The van der Waals surface area contributed by atoms with Crippen LogP contribution in [0.15, 0.2) is 42.5 Å². The molecule has 0 spiro atoms. The van der Waals surface area contributed by atoms with Crippen molar-refractivity contribution in [1.29, 1.82) is 0 Å². The molecule has 0 aromatic heterocycles. The van der Waals surface area contributed by atoms with Gasteiger partial charge >= 0.3 is 0 Å². The van der Waals surface area contributed by atoms with Crippen LogP contribution in [-0.2, 0) is 6.54 Å². The number of nitrogens with zero attached hydrogens (tertiary/aromatic N) is 2. The zero-order chi connectivity index (χ0) is 19.1. The normalized spacial score (nSPS) is 17.1. The van der Waals surface area contributed by atoms with Gasteiger partial charge in [0.05, 0.1) is 16.5 Å². The minimum atomic E-state index is -0.641. The third-order valence-electron chi connectivity index (χ3n) is 5.03. The Morgan fingerprint density at radius 2 is 1.81 bits per heavy atom. The summed E-state index contributed by atoms with van der Waals surface area (Å²) in [6.07, 6.45) is 1.97. The Hall–Kier alpha value is -3.13. The number of nitrogens with one attached hydrogen (secondary N) is 1. The lowest BCUT2D eigenvalue weighted by atomic mass is 10.1. The second kappa shape index (κ2) is 6.55. The molecule has 2 aromatic rings. The molecule has 1 unspecified atom stereocenters. The lowest BCUT2D eigenvalue weighted by Crippen LogP contribution is -3.13. The van der Waals surface area contributed by atoms with E-state index >= 15 is 0 Å². The fraction of sp³-hybridized carbons (Fsp3) is 0.263. The van der Waals surface area contributed by atoms with Crippen LogP contribution in [0.25, 0.3) is 0 Å². The molecule has 138 valence electrons. The summed E-state index contributed by atoms with van der Waals surface area (Å²) in [5.74, 6) is -1.45. The first-order valence-electron chi connectivity index (χ1n) is 8.68. The number of carbonyl (C=O) groups excluding carboxylic acids is 2. The van der Waals surface area contributed by atoms with Gasteiger partial charge in [0.15, 0.2) is 6.67 Å². The summed E-state index contributed by atoms with van der Waals surface area (Å²) in [4.78, 5) is 38.1. The van der Waals surface area contributed by atoms with Crippen LogP contribution in [0.4, 0.5) is 10.1 Å². The van der Waals surface area contributed by atoms with Crippen molar-refractivity contribution in [2.24, 2.45) is 0 Å². The number of hydrogen-bond donors (Lipinski definition) is 1. The van der Waals surface area contributed by atoms with Gasteiger partial charge in [-0.15, -0.1) is 0 Å². The maximum atomic E-state index is 13.1. The number of fused-ring (bicyclic) bond motifs is 1. The quantitative estimate of drug-likeness (QED) is 0.475. The van der Waals surface area contributed by atoms with Gasteiger partial charge < -0.3 is 4.90 Å². The number of quaternary nitrogens is 1. The molecule has 7 nitrogen and oxygen atoms in total. The Morgan fingerprint density at radius 3 is 2.44 bits per heavy atom. The number of hydrogen-bond acceptors (Lipinski definition) is 4. The van der Waals surface area contributed by atoms with Crippen LogP contribution in [0.3, 0.4) is 0 Å². The number of nitro groups is 1. The minimum Gasteiger partial charge on any atom is -0.311 e. The number of halogens is 1. The van der Waals surface area contributed by atoms with E-state index in [0.29, 0.717) is 12.6 Å². The van der Waals surface area contributed by atoms with Crippen LogP contribution in [0, 0.1) is 15.9 Å². The van der Waals surface area contributed by atoms with Gasteiger partial charge in [-0.05, 0) is 18.2 Å². The Bertz CT molecular complexity index is 940. The molecule has 1 saturated carbocycles. The standard InChI is InChI=1S/C19H16FN3O4/c20-13-6-4-12(5-7-13)10-21(14-8-9-14)11-22-18(24)15-2-1-3-16(23(26)27)17(15)19(22)25/h1-7,14H,8-11H2/p+1. The summed E-state index contributed by atoms with van der Waals surface area (Å²) >= 11 is 0. The second-order valence-corrected chi connectivity index (χ2v) is 6.89. The van der Waals surface area contributed by atoms with Crippen LogP contribution < -0.4 is 4.90 Å². The van der Waals surface area contributed by atoms with E-state index in [4.69, 9.17) is 0 Å². The molecule has 2 aromatic carbocycles. The smallest absolute Gasteiger partial charge is 0.282 e. The van der Waals surface area contributed by atoms with Crippen molar-refractivity contribution in [3.63, 3.8) is 0 Å². The molecule has 1 atom stereocenters. The average Bonchev–Trinajstić information content (AvgIpc) is 3.47. The molecule has 1 heterocycles. The maximum Gasteiger partial charge on any atom is 0.282 e. The maximum absolute atomic E-state index is 13.1. The first-order valence-corrected chi connectivity index (χ1v) is 8.68. The summed E-state index contributed by atoms with van der Waals surface area (Å²) in [6.45, 7) is 0.673. The van der Waals surface area contributed by atoms with Gasteiger partial charge in [-0.3, -0.25) is 19.7 Å². The Labute approximate surface area is 154 Å². The van der Waals surface area contributed by atoms with E-state index in [0.717, 1.165) is 28.2 Å². The van der Waals surface area contributed by atoms with Crippen molar-refractivity contribution in [2.75, 3.05) is 6.67 Å². The highest BCUT2D eigenvalue weighted by molar-refractivity contribution is 6.23. The third kappa shape index (κ3) is 3.19. The number of amides is 2. The molecule has 0 saturated heterocycles.